The van der Waals surface area contributed by atoms with Crippen molar-refractivity contribution in [1.82, 2.24) is 9.88 Å². The lowest BCUT2D eigenvalue weighted by Crippen LogP contribution is -2.27. The van der Waals surface area contributed by atoms with E-state index in [1.807, 2.05) is 67.0 Å². The lowest BCUT2D eigenvalue weighted by molar-refractivity contribution is -0.130. The quantitative estimate of drug-likeness (QED) is 0.613. The SMILES string of the molecule is CN(Cc1nccs1)C(=O)CC(c1ccccc1)c1ccccc1Cl. The molecule has 1 aromatic heterocycles. The molecule has 3 aromatic rings. The first-order valence-electron chi connectivity index (χ1n) is 8.07. The van der Waals surface area contributed by atoms with Crippen LogP contribution in [0.4, 0.5) is 0 Å². The van der Waals surface area contributed by atoms with Crippen molar-refractivity contribution in [3.8, 4) is 0 Å². The number of aromatic nitrogens is 1. The van der Waals surface area contributed by atoms with Crippen LogP contribution in [-0.2, 0) is 11.3 Å². The van der Waals surface area contributed by atoms with Crippen LogP contribution >= 0.6 is 22.9 Å². The number of hydrogen-bond acceptors (Lipinski definition) is 3. The van der Waals surface area contributed by atoms with Crippen molar-refractivity contribution in [2.24, 2.45) is 0 Å². The smallest absolute Gasteiger partial charge is 0.223 e. The summed E-state index contributed by atoms with van der Waals surface area (Å²) in [5.74, 6) is 0.00474. The molecule has 0 bridgehead atoms. The molecular formula is C20H19ClN2OS. The van der Waals surface area contributed by atoms with E-state index in [2.05, 4.69) is 4.98 Å². The van der Waals surface area contributed by atoms with Crippen LogP contribution in [-0.4, -0.2) is 22.8 Å². The highest BCUT2D eigenvalue weighted by Crippen LogP contribution is 2.33. The predicted octanol–water partition coefficient (Wildman–Crippen LogP) is 4.98. The van der Waals surface area contributed by atoms with Gasteiger partial charge in [-0.05, 0) is 17.2 Å². The van der Waals surface area contributed by atoms with E-state index in [9.17, 15) is 4.79 Å². The molecule has 0 N–H and O–H groups in total. The number of thiazole rings is 1. The molecule has 1 atom stereocenters. The van der Waals surface area contributed by atoms with Crippen LogP contribution in [0.25, 0.3) is 0 Å². The summed E-state index contributed by atoms with van der Waals surface area (Å²) in [5, 5.41) is 3.54. The third-order valence-electron chi connectivity index (χ3n) is 4.14. The number of amides is 1. The maximum atomic E-state index is 12.8. The van der Waals surface area contributed by atoms with Crippen LogP contribution in [0.15, 0.2) is 66.2 Å². The zero-order valence-electron chi connectivity index (χ0n) is 13.9. The summed E-state index contributed by atoms with van der Waals surface area (Å²) in [6.07, 6.45) is 2.13. The minimum absolute atomic E-state index is 0.0684. The number of rotatable bonds is 6. The van der Waals surface area contributed by atoms with Gasteiger partial charge < -0.3 is 4.90 Å². The van der Waals surface area contributed by atoms with E-state index in [4.69, 9.17) is 11.6 Å². The number of benzene rings is 2. The minimum atomic E-state index is -0.0684. The van der Waals surface area contributed by atoms with E-state index in [1.165, 1.54) is 0 Å². The molecule has 0 aliphatic heterocycles. The molecule has 2 aromatic carbocycles. The second-order valence-corrected chi connectivity index (χ2v) is 7.25. The summed E-state index contributed by atoms with van der Waals surface area (Å²) in [4.78, 5) is 18.8. The summed E-state index contributed by atoms with van der Waals surface area (Å²) in [5.41, 5.74) is 2.07. The van der Waals surface area contributed by atoms with Crippen molar-refractivity contribution in [3.05, 3.63) is 87.3 Å². The van der Waals surface area contributed by atoms with Gasteiger partial charge in [-0.25, -0.2) is 4.98 Å². The monoisotopic (exact) mass is 370 g/mol. The van der Waals surface area contributed by atoms with E-state index in [1.54, 1.807) is 22.4 Å². The Morgan fingerprint density at radius 1 is 1.16 bits per heavy atom. The van der Waals surface area contributed by atoms with Crippen molar-refractivity contribution in [2.75, 3.05) is 7.05 Å². The second-order valence-electron chi connectivity index (χ2n) is 5.86. The van der Waals surface area contributed by atoms with Crippen LogP contribution in [0.2, 0.25) is 5.02 Å². The fraction of sp³-hybridized carbons (Fsp3) is 0.200. The number of carbonyl (C=O) groups is 1. The Hall–Kier alpha value is -2.17. The largest absolute Gasteiger partial charge is 0.339 e. The molecule has 0 spiro atoms. The van der Waals surface area contributed by atoms with E-state index >= 15 is 0 Å². The Morgan fingerprint density at radius 3 is 2.56 bits per heavy atom. The molecule has 1 unspecified atom stereocenters. The zero-order chi connectivity index (χ0) is 17.6. The zero-order valence-corrected chi connectivity index (χ0v) is 15.5. The van der Waals surface area contributed by atoms with E-state index in [0.29, 0.717) is 18.0 Å². The van der Waals surface area contributed by atoms with Gasteiger partial charge in [0.25, 0.3) is 0 Å². The average molecular weight is 371 g/mol. The van der Waals surface area contributed by atoms with E-state index < -0.39 is 0 Å². The van der Waals surface area contributed by atoms with Gasteiger partial charge in [-0.1, -0.05) is 60.1 Å². The predicted molar refractivity (Wildman–Crippen MR) is 103 cm³/mol. The Kier molecular flexibility index (Phi) is 5.84. The molecular weight excluding hydrogens is 352 g/mol. The van der Waals surface area contributed by atoms with Gasteiger partial charge in [-0.3, -0.25) is 4.79 Å². The third-order valence-corrected chi connectivity index (χ3v) is 5.25. The van der Waals surface area contributed by atoms with Crippen LogP contribution in [0.3, 0.4) is 0 Å². The highest BCUT2D eigenvalue weighted by Gasteiger charge is 2.22. The maximum Gasteiger partial charge on any atom is 0.223 e. The molecule has 0 aliphatic rings. The maximum absolute atomic E-state index is 12.8. The van der Waals surface area contributed by atoms with E-state index in [0.717, 1.165) is 16.1 Å². The molecule has 1 amide bonds. The summed E-state index contributed by atoms with van der Waals surface area (Å²) < 4.78 is 0. The third kappa shape index (κ3) is 4.47. The molecule has 128 valence electrons. The summed E-state index contributed by atoms with van der Waals surface area (Å²) in [6.45, 7) is 0.528. The van der Waals surface area contributed by atoms with Gasteiger partial charge in [0.1, 0.15) is 5.01 Å². The Labute approximate surface area is 156 Å². The molecule has 0 saturated carbocycles. The normalized spacial score (nSPS) is 11.9. The van der Waals surface area contributed by atoms with Crippen LogP contribution in [0.1, 0.15) is 28.5 Å². The molecule has 3 nitrogen and oxygen atoms in total. The van der Waals surface area contributed by atoms with Crippen molar-refractivity contribution >= 4 is 28.8 Å². The fourth-order valence-corrected chi connectivity index (χ4v) is 3.74. The standard InChI is InChI=1S/C20H19ClN2OS/c1-23(14-19-22-11-12-25-19)20(24)13-17(15-7-3-2-4-8-15)16-9-5-6-10-18(16)21/h2-12,17H,13-14H2,1H3. The summed E-state index contributed by atoms with van der Waals surface area (Å²) in [7, 11) is 1.82. The molecule has 0 radical (unpaired) electrons. The average Bonchev–Trinajstić information content (AvgIpc) is 3.14. The molecule has 1 heterocycles. The van der Waals surface area contributed by atoms with Gasteiger partial charge in [0, 0.05) is 36.0 Å². The first-order chi connectivity index (χ1) is 12.1. The topological polar surface area (TPSA) is 33.2 Å². The van der Waals surface area contributed by atoms with Gasteiger partial charge in [-0.15, -0.1) is 11.3 Å². The number of nitrogens with zero attached hydrogens (tertiary/aromatic N) is 2. The number of carbonyl (C=O) groups excluding carboxylic acids is 1. The van der Waals surface area contributed by atoms with Gasteiger partial charge >= 0.3 is 0 Å². The summed E-state index contributed by atoms with van der Waals surface area (Å²) in [6, 6.07) is 17.8. The lowest BCUT2D eigenvalue weighted by Gasteiger charge is -2.22. The van der Waals surface area contributed by atoms with Crippen molar-refractivity contribution in [3.63, 3.8) is 0 Å². The minimum Gasteiger partial charge on any atom is -0.339 e. The Balaban J connectivity index is 1.83. The van der Waals surface area contributed by atoms with Crippen LogP contribution in [0, 0.1) is 0 Å². The molecule has 0 saturated heterocycles. The lowest BCUT2D eigenvalue weighted by atomic mass is 9.88. The highest BCUT2D eigenvalue weighted by atomic mass is 35.5. The molecule has 3 rings (SSSR count). The van der Waals surface area contributed by atoms with Gasteiger partial charge in [-0.2, -0.15) is 0 Å². The van der Waals surface area contributed by atoms with Gasteiger partial charge in [0.15, 0.2) is 0 Å². The number of hydrogen-bond donors (Lipinski definition) is 0. The van der Waals surface area contributed by atoms with E-state index in [-0.39, 0.29) is 11.8 Å². The molecule has 0 fully saturated rings. The molecule has 0 aliphatic carbocycles. The van der Waals surface area contributed by atoms with Crippen molar-refractivity contribution in [2.45, 2.75) is 18.9 Å². The van der Waals surface area contributed by atoms with Gasteiger partial charge in [0.05, 0.1) is 6.54 Å². The molecule has 5 heteroatoms. The fourth-order valence-electron chi connectivity index (χ4n) is 2.80. The Bertz CT molecular complexity index is 821. The summed E-state index contributed by atoms with van der Waals surface area (Å²) >= 11 is 7.97. The number of halogens is 1. The van der Waals surface area contributed by atoms with Gasteiger partial charge in [0.2, 0.25) is 5.91 Å². The molecule has 25 heavy (non-hydrogen) atoms. The van der Waals surface area contributed by atoms with Crippen LogP contribution < -0.4 is 0 Å². The highest BCUT2D eigenvalue weighted by molar-refractivity contribution is 7.09. The first kappa shape index (κ1) is 17.6. The second kappa shape index (κ2) is 8.28. The van der Waals surface area contributed by atoms with Crippen LogP contribution in [0.5, 0.6) is 0 Å². The Morgan fingerprint density at radius 2 is 1.88 bits per heavy atom. The first-order valence-corrected chi connectivity index (χ1v) is 9.32. The van der Waals surface area contributed by atoms with Crippen molar-refractivity contribution < 1.29 is 4.79 Å². The van der Waals surface area contributed by atoms with Crippen molar-refractivity contribution in [1.29, 1.82) is 0 Å².